The van der Waals surface area contributed by atoms with E-state index in [4.69, 9.17) is 33.0 Å². The zero-order chi connectivity index (χ0) is 13.4. The van der Waals surface area contributed by atoms with Crippen LogP contribution < -0.4 is 5.32 Å². The first-order chi connectivity index (χ1) is 8.69. The molecule has 0 saturated carbocycles. The summed E-state index contributed by atoms with van der Waals surface area (Å²) in [5, 5.41) is 13.3. The lowest BCUT2D eigenvalue weighted by atomic mass is 10.0. The predicted molar refractivity (Wildman–Crippen MR) is 75.4 cm³/mol. The predicted octanol–water partition coefficient (Wildman–Crippen LogP) is 3.04. The largest absolute Gasteiger partial charge is 0.394 e. The van der Waals surface area contributed by atoms with E-state index in [0.717, 1.165) is 18.5 Å². The van der Waals surface area contributed by atoms with Crippen molar-refractivity contribution in [2.45, 2.75) is 19.4 Å². The summed E-state index contributed by atoms with van der Waals surface area (Å²) in [4.78, 5) is 0. The first-order valence-electron chi connectivity index (χ1n) is 6.06. The number of aliphatic hydroxyl groups excluding tert-OH is 1. The van der Waals surface area contributed by atoms with Gasteiger partial charge >= 0.3 is 0 Å². The Labute approximate surface area is 118 Å². The summed E-state index contributed by atoms with van der Waals surface area (Å²) in [5.74, 6) is 0. The van der Waals surface area contributed by atoms with Crippen molar-refractivity contribution in [3.63, 3.8) is 0 Å². The van der Waals surface area contributed by atoms with Crippen LogP contribution >= 0.6 is 23.2 Å². The molecule has 0 aliphatic heterocycles. The minimum Gasteiger partial charge on any atom is -0.394 e. The monoisotopic (exact) mass is 291 g/mol. The van der Waals surface area contributed by atoms with Crippen LogP contribution in [0.5, 0.6) is 0 Å². The molecule has 1 rings (SSSR count). The molecule has 1 atom stereocenters. The van der Waals surface area contributed by atoms with Crippen LogP contribution in [0.25, 0.3) is 0 Å². The quantitative estimate of drug-likeness (QED) is 0.724. The van der Waals surface area contributed by atoms with Crippen molar-refractivity contribution < 1.29 is 9.84 Å². The Hall–Kier alpha value is -0.320. The number of aliphatic hydroxyl groups is 1. The van der Waals surface area contributed by atoms with Crippen molar-refractivity contribution in [1.29, 1.82) is 0 Å². The third-order valence-corrected chi connectivity index (χ3v) is 3.18. The first kappa shape index (κ1) is 15.7. The Balaban J connectivity index is 2.49. The van der Waals surface area contributed by atoms with E-state index in [9.17, 15) is 0 Å². The number of hydrogen-bond acceptors (Lipinski definition) is 3. The summed E-state index contributed by atoms with van der Waals surface area (Å²) in [6, 6.07) is 5.73. The third kappa shape index (κ3) is 5.12. The lowest BCUT2D eigenvalue weighted by molar-refractivity contribution is 0.0925. The standard InChI is InChI=1S/C13H19Cl2NO2/c1-2-13(16-5-7-18-8-6-17)11-4-3-10(14)9-12(11)15/h3-4,9,13,16-17H,2,5-8H2,1H3. The van der Waals surface area contributed by atoms with Crippen LogP contribution in [0, 0.1) is 0 Å². The van der Waals surface area contributed by atoms with E-state index in [1.807, 2.05) is 12.1 Å². The maximum atomic E-state index is 8.59. The van der Waals surface area contributed by atoms with Gasteiger partial charge in [0.25, 0.3) is 0 Å². The molecule has 2 N–H and O–H groups in total. The molecule has 1 aromatic carbocycles. The van der Waals surface area contributed by atoms with Crippen LogP contribution in [0.1, 0.15) is 24.9 Å². The van der Waals surface area contributed by atoms with Crippen LogP contribution in [0.3, 0.4) is 0 Å². The van der Waals surface area contributed by atoms with E-state index in [1.165, 1.54) is 0 Å². The highest BCUT2D eigenvalue weighted by Crippen LogP contribution is 2.27. The molecule has 0 heterocycles. The average molecular weight is 292 g/mol. The fourth-order valence-electron chi connectivity index (χ4n) is 1.73. The summed E-state index contributed by atoms with van der Waals surface area (Å²) in [6.07, 6.45) is 0.932. The number of nitrogens with one attached hydrogen (secondary N) is 1. The second-order valence-corrected chi connectivity index (χ2v) is 4.76. The Bertz CT molecular complexity index is 361. The molecular formula is C13H19Cl2NO2. The topological polar surface area (TPSA) is 41.5 Å². The molecule has 0 saturated heterocycles. The zero-order valence-electron chi connectivity index (χ0n) is 10.5. The van der Waals surface area contributed by atoms with Crippen molar-refractivity contribution in [3.05, 3.63) is 33.8 Å². The minimum absolute atomic E-state index is 0.0558. The van der Waals surface area contributed by atoms with Crippen molar-refractivity contribution in [2.75, 3.05) is 26.4 Å². The Morgan fingerprint density at radius 1 is 1.33 bits per heavy atom. The normalized spacial score (nSPS) is 12.7. The van der Waals surface area contributed by atoms with Crippen LogP contribution in [0.2, 0.25) is 10.0 Å². The SMILES string of the molecule is CCC(NCCOCCO)c1ccc(Cl)cc1Cl. The molecule has 3 nitrogen and oxygen atoms in total. The van der Waals surface area contributed by atoms with E-state index < -0.39 is 0 Å². The van der Waals surface area contributed by atoms with Gasteiger partial charge in [-0.15, -0.1) is 0 Å². The molecule has 0 aliphatic rings. The highest BCUT2D eigenvalue weighted by atomic mass is 35.5. The van der Waals surface area contributed by atoms with Gasteiger partial charge in [-0.25, -0.2) is 0 Å². The molecule has 5 heteroatoms. The lowest BCUT2D eigenvalue weighted by Gasteiger charge is -2.19. The molecule has 0 bridgehead atoms. The average Bonchev–Trinajstić information content (AvgIpc) is 2.35. The minimum atomic E-state index is 0.0558. The molecule has 1 unspecified atom stereocenters. The number of benzene rings is 1. The second-order valence-electron chi connectivity index (χ2n) is 3.92. The number of rotatable bonds is 8. The molecule has 0 spiro atoms. The van der Waals surface area contributed by atoms with Gasteiger partial charge < -0.3 is 15.2 Å². The highest BCUT2D eigenvalue weighted by molar-refractivity contribution is 6.35. The summed E-state index contributed by atoms with van der Waals surface area (Å²) >= 11 is 12.1. The third-order valence-electron chi connectivity index (χ3n) is 2.62. The van der Waals surface area contributed by atoms with Crippen molar-refractivity contribution in [2.24, 2.45) is 0 Å². The van der Waals surface area contributed by atoms with Gasteiger partial charge in [-0.3, -0.25) is 0 Å². The molecule has 0 aliphatic carbocycles. The molecule has 0 aromatic heterocycles. The summed E-state index contributed by atoms with van der Waals surface area (Å²) in [6.45, 7) is 3.82. The smallest absolute Gasteiger partial charge is 0.0698 e. The van der Waals surface area contributed by atoms with Gasteiger partial charge in [-0.1, -0.05) is 36.2 Å². The van der Waals surface area contributed by atoms with Crippen LogP contribution in [-0.4, -0.2) is 31.5 Å². The van der Waals surface area contributed by atoms with Gasteiger partial charge in [0.1, 0.15) is 0 Å². The Kier molecular flexibility index (Phi) is 7.63. The van der Waals surface area contributed by atoms with Gasteiger partial charge in [-0.2, -0.15) is 0 Å². The number of halogens is 2. The molecule has 1 aromatic rings. The van der Waals surface area contributed by atoms with E-state index in [0.29, 0.717) is 23.3 Å². The molecular weight excluding hydrogens is 273 g/mol. The van der Waals surface area contributed by atoms with E-state index in [1.54, 1.807) is 6.07 Å². The Morgan fingerprint density at radius 2 is 2.11 bits per heavy atom. The van der Waals surface area contributed by atoms with Crippen molar-refractivity contribution >= 4 is 23.2 Å². The van der Waals surface area contributed by atoms with Crippen LogP contribution in [0.4, 0.5) is 0 Å². The zero-order valence-corrected chi connectivity index (χ0v) is 12.0. The van der Waals surface area contributed by atoms with Gasteiger partial charge in [0, 0.05) is 22.6 Å². The molecule has 0 amide bonds. The van der Waals surface area contributed by atoms with Crippen molar-refractivity contribution in [1.82, 2.24) is 5.32 Å². The molecule has 102 valence electrons. The number of ether oxygens (including phenoxy) is 1. The van der Waals surface area contributed by atoms with Crippen molar-refractivity contribution in [3.8, 4) is 0 Å². The summed E-state index contributed by atoms with van der Waals surface area (Å²) in [5.41, 5.74) is 1.05. The fraction of sp³-hybridized carbons (Fsp3) is 0.538. The van der Waals surface area contributed by atoms with E-state index in [2.05, 4.69) is 12.2 Å². The van der Waals surface area contributed by atoms with Gasteiger partial charge in [0.2, 0.25) is 0 Å². The van der Waals surface area contributed by atoms with Gasteiger partial charge in [0.05, 0.1) is 19.8 Å². The van der Waals surface area contributed by atoms with Gasteiger partial charge in [-0.05, 0) is 24.1 Å². The summed E-state index contributed by atoms with van der Waals surface area (Å²) in [7, 11) is 0. The molecule has 18 heavy (non-hydrogen) atoms. The molecule has 0 fully saturated rings. The summed E-state index contributed by atoms with van der Waals surface area (Å²) < 4.78 is 5.20. The number of hydrogen-bond donors (Lipinski definition) is 2. The van der Waals surface area contributed by atoms with Gasteiger partial charge in [0.15, 0.2) is 0 Å². The fourth-order valence-corrected chi connectivity index (χ4v) is 2.27. The molecule has 0 radical (unpaired) electrons. The second kappa shape index (κ2) is 8.73. The van der Waals surface area contributed by atoms with E-state index >= 15 is 0 Å². The Morgan fingerprint density at radius 3 is 2.72 bits per heavy atom. The van der Waals surface area contributed by atoms with E-state index in [-0.39, 0.29) is 12.6 Å². The lowest BCUT2D eigenvalue weighted by Crippen LogP contribution is -2.25. The maximum absolute atomic E-state index is 8.59. The van der Waals surface area contributed by atoms with Crippen LogP contribution in [0.15, 0.2) is 18.2 Å². The highest BCUT2D eigenvalue weighted by Gasteiger charge is 2.12. The first-order valence-corrected chi connectivity index (χ1v) is 6.81. The van der Waals surface area contributed by atoms with Crippen LogP contribution in [-0.2, 0) is 4.74 Å². The maximum Gasteiger partial charge on any atom is 0.0698 e.